The number of piperazine rings is 1. The highest BCUT2D eigenvalue weighted by molar-refractivity contribution is 14.0. The molecule has 1 fully saturated rings. The zero-order chi connectivity index (χ0) is 18.0. The lowest BCUT2D eigenvalue weighted by Gasteiger charge is -2.35. The van der Waals surface area contributed by atoms with E-state index in [0.717, 1.165) is 32.1 Å². The third-order valence-electron chi connectivity index (χ3n) is 3.41. The van der Waals surface area contributed by atoms with Crippen molar-refractivity contribution < 1.29 is 9.53 Å². The van der Waals surface area contributed by atoms with Crippen LogP contribution in [0.1, 0.15) is 27.7 Å². The number of hydrogen-bond donors (Lipinski definition) is 2. The molecule has 0 aromatic heterocycles. The maximum Gasteiger partial charge on any atom is 0.410 e. The van der Waals surface area contributed by atoms with E-state index in [9.17, 15) is 4.79 Å². The van der Waals surface area contributed by atoms with Crippen molar-refractivity contribution in [3.63, 3.8) is 0 Å². The van der Waals surface area contributed by atoms with Crippen molar-refractivity contribution in [3.8, 4) is 12.3 Å². The Morgan fingerprint density at radius 1 is 1.24 bits per heavy atom. The molecule has 0 aromatic rings. The summed E-state index contributed by atoms with van der Waals surface area (Å²) in [4.78, 5) is 20.6. The Labute approximate surface area is 169 Å². The Bertz CT molecular complexity index is 463. The fraction of sp³-hybridized carbons (Fsp3) is 0.765. The van der Waals surface area contributed by atoms with Gasteiger partial charge in [-0.05, 0) is 27.7 Å². The Morgan fingerprint density at radius 3 is 2.40 bits per heavy atom. The molecule has 8 heteroatoms. The summed E-state index contributed by atoms with van der Waals surface area (Å²) in [7, 11) is 0. The second-order valence-electron chi connectivity index (χ2n) is 6.63. The van der Waals surface area contributed by atoms with Gasteiger partial charge in [0.25, 0.3) is 0 Å². The highest BCUT2D eigenvalue weighted by Crippen LogP contribution is 2.11. The van der Waals surface area contributed by atoms with Gasteiger partial charge in [-0.1, -0.05) is 5.92 Å². The second kappa shape index (κ2) is 12.2. The zero-order valence-electron chi connectivity index (χ0n) is 15.8. The molecule has 1 saturated heterocycles. The van der Waals surface area contributed by atoms with Gasteiger partial charge in [0, 0.05) is 39.3 Å². The molecule has 1 heterocycles. The average Bonchev–Trinajstić information content (AvgIpc) is 2.51. The van der Waals surface area contributed by atoms with Gasteiger partial charge in [-0.15, -0.1) is 30.4 Å². The molecule has 0 unspecified atom stereocenters. The monoisotopic (exact) mass is 465 g/mol. The second-order valence-corrected chi connectivity index (χ2v) is 6.63. The van der Waals surface area contributed by atoms with Crippen molar-refractivity contribution in [2.24, 2.45) is 4.99 Å². The standard InChI is InChI=1S/C17H31N5O2.HI/c1-6-8-19-15(18-7-2)20-9-10-21-11-13-22(14-12-21)16(23)24-17(3,4)5;/h1H,7-14H2,2-5H3,(H2,18,19,20);1H. The van der Waals surface area contributed by atoms with Crippen LogP contribution in [0.25, 0.3) is 0 Å². The van der Waals surface area contributed by atoms with Crippen LogP contribution in [-0.4, -0.2) is 79.8 Å². The molecule has 1 aliphatic heterocycles. The fourth-order valence-corrected chi connectivity index (χ4v) is 2.26. The molecule has 0 bridgehead atoms. The Hall–Kier alpha value is -1.21. The van der Waals surface area contributed by atoms with Crippen molar-refractivity contribution in [3.05, 3.63) is 0 Å². The van der Waals surface area contributed by atoms with Crippen LogP contribution in [0.15, 0.2) is 4.99 Å². The topological polar surface area (TPSA) is 69.2 Å². The van der Waals surface area contributed by atoms with Gasteiger partial charge >= 0.3 is 6.09 Å². The lowest BCUT2D eigenvalue weighted by molar-refractivity contribution is 0.0148. The van der Waals surface area contributed by atoms with E-state index in [2.05, 4.69) is 26.4 Å². The third-order valence-corrected chi connectivity index (χ3v) is 3.41. The van der Waals surface area contributed by atoms with Crippen LogP contribution < -0.4 is 10.6 Å². The maximum absolute atomic E-state index is 12.0. The molecule has 0 spiro atoms. The summed E-state index contributed by atoms with van der Waals surface area (Å²) < 4.78 is 5.40. The summed E-state index contributed by atoms with van der Waals surface area (Å²) in [5.74, 6) is 3.27. The molecule has 7 nitrogen and oxygen atoms in total. The highest BCUT2D eigenvalue weighted by atomic mass is 127. The van der Waals surface area contributed by atoms with Gasteiger partial charge in [-0.3, -0.25) is 9.89 Å². The minimum Gasteiger partial charge on any atom is -0.444 e. The van der Waals surface area contributed by atoms with Crippen LogP contribution in [-0.2, 0) is 4.74 Å². The predicted octanol–water partition coefficient (Wildman–Crippen LogP) is 1.35. The van der Waals surface area contributed by atoms with Crippen molar-refractivity contribution in [1.82, 2.24) is 20.4 Å². The Morgan fingerprint density at radius 2 is 1.88 bits per heavy atom. The Kier molecular flexibility index (Phi) is 11.6. The molecule has 0 saturated carbocycles. The van der Waals surface area contributed by atoms with Crippen molar-refractivity contribution >= 4 is 36.0 Å². The van der Waals surface area contributed by atoms with E-state index < -0.39 is 5.60 Å². The Balaban J connectivity index is 0.00000576. The first kappa shape index (κ1) is 23.8. The van der Waals surface area contributed by atoms with Gasteiger partial charge in [0.05, 0.1) is 13.1 Å². The van der Waals surface area contributed by atoms with Gasteiger partial charge in [0.1, 0.15) is 5.60 Å². The number of halogens is 1. The van der Waals surface area contributed by atoms with Gasteiger partial charge < -0.3 is 20.3 Å². The molecule has 2 N–H and O–H groups in total. The number of terminal acetylenes is 1. The number of carbonyl (C=O) groups excluding carboxylic acids is 1. The summed E-state index contributed by atoms with van der Waals surface area (Å²) >= 11 is 0. The number of guanidine groups is 1. The molecule has 0 radical (unpaired) electrons. The zero-order valence-corrected chi connectivity index (χ0v) is 18.1. The number of carbonyl (C=O) groups is 1. The molecule has 1 rings (SSSR count). The first-order chi connectivity index (χ1) is 11.4. The van der Waals surface area contributed by atoms with Gasteiger partial charge in [-0.2, -0.15) is 0 Å². The van der Waals surface area contributed by atoms with E-state index in [-0.39, 0.29) is 30.1 Å². The minimum atomic E-state index is -0.447. The lowest BCUT2D eigenvalue weighted by atomic mass is 10.2. The summed E-state index contributed by atoms with van der Waals surface area (Å²) in [6.45, 7) is 13.5. The molecule has 0 aromatic carbocycles. The summed E-state index contributed by atoms with van der Waals surface area (Å²) in [6.07, 6.45) is 5.02. The number of rotatable bonds is 5. The number of nitrogens with zero attached hydrogens (tertiary/aromatic N) is 3. The summed E-state index contributed by atoms with van der Waals surface area (Å²) in [5.41, 5.74) is -0.447. The van der Waals surface area contributed by atoms with Gasteiger partial charge in [-0.25, -0.2) is 4.79 Å². The van der Waals surface area contributed by atoms with Crippen LogP contribution in [0.5, 0.6) is 0 Å². The molecule has 0 atom stereocenters. The molecule has 1 amide bonds. The minimum absolute atomic E-state index is 0. The molecule has 1 aliphatic rings. The van der Waals surface area contributed by atoms with E-state index in [1.165, 1.54) is 0 Å². The van der Waals surface area contributed by atoms with E-state index in [1.807, 2.05) is 27.7 Å². The smallest absolute Gasteiger partial charge is 0.410 e. The largest absolute Gasteiger partial charge is 0.444 e. The lowest BCUT2D eigenvalue weighted by Crippen LogP contribution is -2.50. The number of ether oxygens (including phenoxy) is 1. The molecule has 25 heavy (non-hydrogen) atoms. The van der Waals surface area contributed by atoms with Crippen LogP contribution in [0.4, 0.5) is 4.79 Å². The number of amides is 1. The van der Waals surface area contributed by atoms with Crippen molar-refractivity contribution in [2.45, 2.75) is 33.3 Å². The SMILES string of the molecule is C#CCNC(=NCCN1CCN(C(=O)OC(C)(C)C)CC1)NCC.I. The summed E-state index contributed by atoms with van der Waals surface area (Å²) in [6, 6.07) is 0. The van der Waals surface area contributed by atoms with Gasteiger partial charge in [0.15, 0.2) is 5.96 Å². The molecular formula is C17H32IN5O2. The predicted molar refractivity (Wildman–Crippen MR) is 112 cm³/mol. The van der Waals surface area contributed by atoms with Crippen LogP contribution in [0.3, 0.4) is 0 Å². The van der Waals surface area contributed by atoms with E-state index in [1.54, 1.807) is 4.90 Å². The summed E-state index contributed by atoms with van der Waals surface area (Å²) in [5, 5.41) is 6.22. The number of nitrogens with one attached hydrogen (secondary N) is 2. The average molecular weight is 465 g/mol. The van der Waals surface area contributed by atoms with E-state index in [4.69, 9.17) is 11.2 Å². The van der Waals surface area contributed by atoms with E-state index in [0.29, 0.717) is 26.2 Å². The first-order valence-electron chi connectivity index (χ1n) is 8.51. The van der Waals surface area contributed by atoms with Crippen LogP contribution in [0, 0.1) is 12.3 Å². The fourth-order valence-electron chi connectivity index (χ4n) is 2.26. The highest BCUT2D eigenvalue weighted by Gasteiger charge is 2.25. The quantitative estimate of drug-likeness (QED) is 0.278. The van der Waals surface area contributed by atoms with Crippen LogP contribution in [0.2, 0.25) is 0 Å². The number of aliphatic imine (C=N–C) groups is 1. The normalized spacial score (nSPS) is 15.8. The van der Waals surface area contributed by atoms with Crippen LogP contribution >= 0.6 is 24.0 Å². The van der Waals surface area contributed by atoms with Gasteiger partial charge in [0.2, 0.25) is 0 Å². The van der Waals surface area contributed by atoms with E-state index >= 15 is 0 Å². The first-order valence-corrected chi connectivity index (χ1v) is 8.51. The molecular weight excluding hydrogens is 433 g/mol. The molecule has 0 aliphatic carbocycles. The third kappa shape index (κ3) is 10.4. The number of hydrogen-bond acceptors (Lipinski definition) is 4. The maximum atomic E-state index is 12.0. The van der Waals surface area contributed by atoms with Crippen molar-refractivity contribution in [1.29, 1.82) is 0 Å². The molecule has 144 valence electrons. The van der Waals surface area contributed by atoms with Crippen molar-refractivity contribution in [2.75, 3.05) is 52.4 Å².